The smallest absolute Gasteiger partial charge is 0.301 e. The molecule has 0 spiro atoms. The van der Waals surface area contributed by atoms with Crippen molar-refractivity contribution in [3.63, 3.8) is 0 Å². The quantitative estimate of drug-likeness (QED) is 0.287. The topological polar surface area (TPSA) is 92.9 Å². The van der Waals surface area contributed by atoms with Crippen LogP contribution in [0.1, 0.15) is 36.3 Å². The number of benzene rings is 2. The van der Waals surface area contributed by atoms with E-state index in [1.54, 1.807) is 61.5 Å². The Bertz CT molecular complexity index is 1200. The van der Waals surface area contributed by atoms with Crippen LogP contribution in [0.3, 0.4) is 0 Å². The second-order valence-corrected chi connectivity index (χ2v) is 8.31. The lowest BCUT2D eigenvalue weighted by atomic mass is 9.95. The summed E-state index contributed by atoms with van der Waals surface area (Å²) in [6, 6.07) is 14.7. The van der Waals surface area contributed by atoms with Crippen molar-refractivity contribution < 1.29 is 24.0 Å². The number of carbonyl (C=O) groups excluding carboxylic acids is 2. The third-order valence-corrected chi connectivity index (χ3v) is 5.60. The Hall–Kier alpha value is -3.39. The fourth-order valence-corrected chi connectivity index (χ4v) is 3.87. The van der Waals surface area contributed by atoms with Crippen molar-refractivity contribution in [1.82, 2.24) is 5.16 Å². The summed E-state index contributed by atoms with van der Waals surface area (Å²) in [6.07, 6.45) is 0.838. The van der Waals surface area contributed by atoms with E-state index in [0.717, 1.165) is 10.9 Å². The number of hydrogen-bond acceptors (Lipinski definition) is 6. The minimum atomic E-state index is -0.895. The Labute approximate surface area is 193 Å². The van der Waals surface area contributed by atoms with Crippen molar-refractivity contribution >= 4 is 39.2 Å². The lowest BCUT2D eigenvalue weighted by Gasteiger charge is -2.23. The average Bonchev–Trinajstić information content (AvgIpc) is 3.33. The van der Waals surface area contributed by atoms with E-state index in [0.29, 0.717) is 29.2 Å². The molecule has 1 aromatic heterocycles. The highest BCUT2D eigenvalue weighted by Gasteiger charge is 2.48. The van der Waals surface area contributed by atoms with Gasteiger partial charge in [-0.3, -0.25) is 14.5 Å². The molecule has 0 unspecified atom stereocenters. The summed E-state index contributed by atoms with van der Waals surface area (Å²) in [5.41, 5.74) is 1.01. The molecule has 0 radical (unpaired) electrons. The summed E-state index contributed by atoms with van der Waals surface area (Å²) in [5.74, 6) is -0.547. The Balaban J connectivity index is 1.90. The first-order valence-electron chi connectivity index (χ1n) is 10.1. The maximum Gasteiger partial charge on any atom is 0.301 e. The highest BCUT2D eigenvalue weighted by Crippen LogP contribution is 2.42. The molecule has 2 heterocycles. The minimum Gasteiger partial charge on any atom is -0.507 e. The molecule has 0 aliphatic carbocycles. The van der Waals surface area contributed by atoms with Gasteiger partial charge in [0.25, 0.3) is 5.78 Å². The molecule has 8 heteroatoms. The maximum absolute atomic E-state index is 13.1. The zero-order valence-corrected chi connectivity index (χ0v) is 19.1. The maximum atomic E-state index is 13.1. The van der Waals surface area contributed by atoms with Crippen molar-refractivity contribution in [3.05, 3.63) is 81.5 Å². The van der Waals surface area contributed by atoms with E-state index in [-0.39, 0.29) is 17.2 Å². The monoisotopic (exact) mass is 496 g/mol. The van der Waals surface area contributed by atoms with Crippen LogP contribution in [0.5, 0.6) is 5.75 Å². The first-order valence-corrected chi connectivity index (χ1v) is 10.9. The van der Waals surface area contributed by atoms with Gasteiger partial charge in [-0.2, -0.15) is 0 Å². The van der Waals surface area contributed by atoms with Crippen LogP contribution in [0.25, 0.3) is 5.76 Å². The Morgan fingerprint density at radius 1 is 1.19 bits per heavy atom. The van der Waals surface area contributed by atoms with Crippen molar-refractivity contribution in [3.8, 4) is 5.75 Å². The molecule has 1 amide bonds. The van der Waals surface area contributed by atoms with Gasteiger partial charge in [-0.1, -0.05) is 52.3 Å². The number of hydrogen-bond donors (Lipinski definition) is 1. The first-order chi connectivity index (χ1) is 15.4. The van der Waals surface area contributed by atoms with Crippen LogP contribution < -0.4 is 9.64 Å². The summed E-state index contributed by atoms with van der Waals surface area (Å²) in [6.45, 7) is 4.23. The first kappa shape index (κ1) is 21.8. The zero-order valence-electron chi connectivity index (χ0n) is 17.5. The second-order valence-electron chi connectivity index (χ2n) is 7.39. The number of halogens is 1. The van der Waals surface area contributed by atoms with E-state index in [1.807, 2.05) is 6.92 Å². The van der Waals surface area contributed by atoms with Crippen LogP contribution in [-0.4, -0.2) is 28.6 Å². The summed E-state index contributed by atoms with van der Waals surface area (Å²) >= 11 is 3.36. The molecule has 4 rings (SSSR count). The minimum absolute atomic E-state index is 0.0226. The zero-order chi connectivity index (χ0) is 22.8. The van der Waals surface area contributed by atoms with E-state index in [4.69, 9.17) is 9.26 Å². The van der Waals surface area contributed by atoms with E-state index in [2.05, 4.69) is 21.1 Å². The van der Waals surface area contributed by atoms with Gasteiger partial charge >= 0.3 is 5.91 Å². The number of aliphatic hydroxyl groups excluding tert-OH is 1. The molecule has 32 heavy (non-hydrogen) atoms. The van der Waals surface area contributed by atoms with Gasteiger partial charge in [0.15, 0.2) is 5.82 Å². The Morgan fingerprint density at radius 2 is 1.94 bits per heavy atom. The molecule has 1 N–H and O–H groups in total. The van der Waals surface area contributed by atoms with Gasteiger partial charge in [0.05, 0.1) is 18.2 Å². The largest absolute Gasteiger partial charge is 0.507 e. The molecule has 3 aromatic rings. The predicted octanol–water partition coefficient (Wildman–Crippen LogP) is 5.16. The van der Waals surface area contributed by atoms with Crippen LogP contribution in [0.15, 0.2) is 69.2 Å². The van der Waals surface area contributed by atoms with Crippen LogP contribution in [-0.2, 0) is 9.59 Å². The van der Waals surface area contributed by atoms with Crippen molar-refractivity contribution in [2.75, 3.05) is 11.5 Å². The van der Waals surface area contributed by atoms with Gasteiger partial charge in [-0.05, 0) is 43.2 Å². The van der Waals surface area contributed by atoms with Crippen LogP contribution in [0.2, 0.25) is 0 Å². The molecule has 7 nitrogen and oxygen atoms in total. The molecule has 1 aliphatic rings. The van der Waals surface area contributed by atoms with Crippen molar-refractivity contribution in [2.45, 2.75) is 26.3 Å². The van der Waals surface area contributed by atoms with Gasteiger partial charge in [-0.25, -0.2) is 0 Å². The average molecular weight is 497 g/mol. The highest BCUT2D eigenvalue weighted by atomic mass is 79.9. The van der Waals surface area contributed by atoms with E-state index in [9.17, 15) is 14.7 Å². The fraction of sp³-hybridized carbons (Fsp3) is 0.208. The Kier molecular flexibility index (Phi) is 6.14. The van der Waals surface area contributed by atoms with Crippen LogP contribution >= 0.6 is 15.9 Å². The van der Waals surface area contributed by atoms with Crippen molar-refractivity contribution in [1.29, 1.82) is 0 Å². The normalized spacial score (nSPS) is 17.7. The number of Topliss-reactive ketones (excluding diaryl/α,β-unsaturated/α-hetero) is 1. The predicted molar refractivity (Wildman–Crippen MR) is 122 cm³/mol. The molecular weight excluding hydrogens is 476 g/mol. The van der Waals surface area contributed by atoms with Gasteiger partial charge in [0.2, 0.25) is 0 Å². The lowest BCUT2D eigenvalue weighted by Crippen LogP contribution is -2.29. The second kappa shape index (κ2) is 9.00. The van der Waals surface area contributed by atoms with Gasteiger partial charge in [0, 0.05) is 16.1 Å². The molecule has 1 saturated heterocycles. The molecule has 1 aliphatic heterocycles. The van der Waals surface area contributed by atoms with Crippen LogP contribution in [0.4, 0.5) is 5.82 Å². The summed E-state index contributed by atoms with van der Waals surface area (Å²) in [5, 5.41) is 15.0. The SMILES string of the molecule is CCCOc1cccc([C@@H]2/C(=C(\O)c3ccc(Br)cc3)C(=O)C(=O)N2c2cc(C)on2)c1. The van der Waals surface area contributed by atoms with Gasteiger partial charge in [-0.15, -0.1) is 0 Å². The summed E-state index contributed by atoms with van der Waals surface area (Å²) in [4.78, 5) is 27.4. The number of ketones is 1. The third kappa shape index (κ3) is 4.05. The summed E-state index contributed by atoms with van der Waals surface area (Å²) < 4.78 is 11.7. The molecule has 164 valence electrons. The standard InChI is InChI=1S/C24H21BrN2O5/c1-3-11-31-18-6-4-5-16(13-18)21-20(22(28)15-7-9-17(25)10-8-15)23(29)24(30)27(21)19-12-14(2)32-26-19/h4-10,12-13,21,28H,3,11H2,1-2H3/b22-20+/t21-/m1/s1. The molecular formula is C24H21BrN2O5. The molecule has 2 aromatic carbocycles. The van der Waals surface area contributed by atoms with Gasteiger partial charge < -0.3 is 14.4 Å². The number of rotatable bonds is 6. The molecule has 0 saturated carbocycles. The van der Waals surface area contributed by atoms with Gasteiger partial charge in [0.1, 0.15) is 17.3 Å². The highest BCUT2D eigenvalue weighted by molar-refractivity contribution is 9.10. The molecule has 0 bridgehead atoms. The van der Waals surface area contributed by atoms with Crippen molar-refractivity contribution in [2.24, 2.45) is 0 Å². The Morgan fingerprint density at radius 3 is 2.59 bits per heavy atom. The number of carbonyl (C=O) groups is 2. The number of aliphatic hydroxyl groups is 1. The van der Waals surface area contributed by atoms with E-state index < -0.39 is 17.7 Å². The summed E-state index contributed by atoms with van der Waals surface area (Å²) in [7, 11) is 0. The number of ether oxygens (including phenoxy) is 1. The third-order valence-electron chi connectivity index (χ3n) is 5.07. The number of amides is 1. The lowest BCUT2D eigenvalue weighted by molar-refractivity contribution is -0.132. The number of aryl methyl sites for hydroxylation is 1. The molecule has 1 atom stereocenters. The van der Waals surface area contributed by atoms with E-state index in [1.165, 1.54) is 4.90 Å². The molecule has 1 fully saturated rings. The number of nitrogens with zero attached hydrogens (tertiary/aromatic N) is 2. The number of aromatic nitrogens is 1. The fourth-order valence-electron chi connectivity index (χ4n) is 3.61. The van der Waals surface area contributed by atoms with E-state index >= 15 is 0 Å². The number of anilines is 1. The van der Waals surface area contributed by atoms with Crippen LogP contribution in [0, 0.1) is 6.92 Å².